The van der Waals surface area contributed by atoms with Crippen molar-refractivity contribution >= 4 is 0 Å². The molecule has 0 amide bonds. The van der Waals surface area contributed by atoms with Gasteiger partial charge in [0.2, 0.25) is 0 Å². The molecule has 0 atom stereocenters. The number of likely N-dealkylation sites (tertiary alicyclic amines) is 1. The van der Waals surface area contributed by atoms with Crippen LogP contribution in [0.2, 0.25) is 0 Å². The van der Waals surface area contributed by atoms with Gasteiger partial charge in [0.05, 0.1) is 11.7 Å². The Morgan fingerprint density at radius 1 is 1.29 bits per heavy atom. The van der Waals surface area contributed by atoms with Crippen molar-refractivity contribution in [3.63, 3.8) is 0 Å². The second-order valence-electron chi connectivity index (χ2n) is 5.49. The highest BCUT2D eigenvalue weighted by Crippen LogP contribution is 2.13. The molecule has 2 rings (SSSR count). The summed E-state index contributed by atoms with van der Waals surface area (Å²) in [7, 11) is 0. The van der Waals surface area contributed by atoms with E-state index in [0.29, 0.717) is 0 Å². The Hall–Kier alpha value is -0.940. The number of nitrogens with two attached hydrogens (primary N) is 1. The van der Waals surface area contributed by atoms with Gasteiger partial charge in [0.25, 0.3) is 0 Å². The fourth-order valence-corrected chi connectivity index (χ4v) is 2.17. The van der Waals surface area contributed by atoms with Crippen LogP contribution < -0.4 is 5.73 Å². The lowest BCUT2D eigenvalue weighted by molar-refractivity contribution is 0.321. The van der Waals surface area contributed by atoms with Crippen molar-refractivity contribution in [1.82, 2.24) is 19.9 Å². The average Bonchev–Trinajstić information content (AvgIpc) is 2.86. The van der Waals surface area contributed by atoms with Crippen LogP contribution >= 0.6 is 0 Å². The van der Waals surface area contributed by atoms with Gasteiger partial charge in [-0.1, -0.05) is 5.21 Å². The molecule has 5 nitrogen and oxygen atoms in total. The third kappa shape index (κ3) is 3.51. The van der Waals surface area contributed by atoms with Gasteiger partial charge in [-0.15, -0.1) is 5.10 Å². The molecule has 0 bridgehead atoms. The molecule has 0 saturated carbocycles. The molecular weight excluding hydrogens is 214 g/mol. The number of nitrogens with zero attached hydrogens (tertiary/aromatic N) is 4. The predicted octanol–water partition coefficient (Wildman–Crippen LogP) is 0.958. The van der Waals surface area contributed by atoms with Gasteiger partial charge in [0.1, 0.15) is 5.69 Å². The van der Waals surface area contributed by atoms with Gasteiger partial charge in [0, 0.05) is 6.54 Å². The molecule has 1 aromatic heterocycles. The van der Waals surface area contributed by atoms with E-state index in [1.54, 1.807) is 0 Å². The summed E-state index contributed by atoms with van der Waals surface area (Å²) in [5, 5.41) is 8.23. The van der Waals surface area contributed by atoms with Crippen LogP contribution in [-0.4, -0.2) is 39.5 Å². The van der Waals surface area contributed by atoms with Crippen LogP contribution in [0.5, 0.6) is 0 Å². The Morgan fingerprint density at radius 3 is 2.59 bits per heavy atom. The lowest BCUT2D eigenvalue weighted by Crippen LogP contribution is -2.29. The molecule has 5 heteroatoms. The lowest BCUT2D eigenvalue weighted by atomic mass is 10.0. The molecule has 2 heterocycles. The third-order valence-electron chi connectivity index (χ3n) is 3.26. The first-order valence-electron chi connectivity index (χ1n) is 6.47. The highest BCUT2D eigenvalue weighted by atomic mass is 15.4. The minimum atomic E-state index is -0.396. The van der Waals surface area contributed by atoms with Gasteiger partial charge >= 0.3 is 0 Å². The lowest BCUT2D eigenvalue weighted by Gasteiger charge is -2.14. The molecule has 0 aliphatic carbocycles. The summed E-state index contributed by atoms with van der Waals surface area (Å²) < 4.78 is 1.90. The van der Waals surface area contributed by atoms with Crippen LogP contribution in [0, 0.1) is 0 Å². The van der Waals surface area contributed by atoms with Gasteiger partial charge in [-0.25, -0.2) is 0 Å². The predicted molar refractivity (Wildman–Crippen MR) is 67.5 cm³/mol. The van der Waals surface area contributed by atoms with E-state index in [9.17, 15) is 0 Å². The van der Waals surface area contributed by atoms with E-state index in [2.05, 4.69) is 15.2 Å². The average molecular weight is 237 g/mol. The molecule has 0 spiro atoms. The molecule has 0 unspecified atom stereocenters. The normalized spacial score (nSPS) is 17.8. The molecule has 1 aliphatic heterocycles. The van der Waals surface area contributed by atoms with Crippen molar-refractivity contribution in [2.24, 2.45) is 5.73 Å². The minimum absolute atomic E-state index is 0.396. The van der Waals surface area contributed by atoms with Crippen molar-refractivity contribution in [1.29, 1.82) is 0 Å². The van der Waals surface area contributed by atoms with Crippen LogP contribution in [0.3, 0.4) is 0 Å². The fraction of sp³-hybridized carbons (Fsp3) is 0.833. The Labute approximate surface area is 103 Å². The summed E-state index contributed by atoms with van der Waals surface area (Å²) >= 11 is 0. The number of aryl methyl sites for hydroxylation is 1. The monoisotopic (exact) mass is 237 g/mol. The van der Waals surface area contributed by atoms with Crippen LogP contribution in [0.4, 0.5) is 0 Å². The molecular formula is C12H23N5. The summed E-state index contributed by atoms with van der Waals surface area (Å²) in [4.78, 5) is 2.52. The molecule has 1 aliphatic rings. The van der Waals surface area contributed by atoms with Gasteiger partial charge < -0.3 is 10.6 Å². The van der Waals surface area contributed by atoms with Crippen LogP contribution in [0.25, 0.3) is 0 Å². The van der Waals surface area contributed by atoms with Crippen molar-refractivity contribution < 1.29 is 0 Å². The Morgan fingerprint density at radius 2 is 2.00 bits per heavy atom. The first kappa shape index (κ1) is 12.5. The number of hydrogen-bond acceptors (Lipinski definition) is 4. The standard InChI is InChI=1S/C12H23N5/c1-12(2,13)11-10-17(15-14-11)9-5-8-16-6-3-4-7-16/h10H,3-9,13H2,1-2H3. The summed E-state index contributed by atoms with van der Waals surface area (Å²) in [6, 6.07) is 0. The van der Waals surface area contributed by atoms with Crippen molar-refractivity contribution in [2.75, 3.05) is 19.6 Å². The Balaban J connectivity index is 1.77. The van der Waals surface area contributed by atoms with E-state index in [0.717, 1.165) is 18.7 Å². The second kappa shape index (κ2) is 5.14. The summed E-state index contributed by atoms with van der Waals surface area (Å²) in [6.45, 7) is 8.52. The molecule has 1 aromatic rings. The van der Waals surface area contributed by atoms with Crippen LogP contribution in [-0.2, 0) is 12.1 Å². The van der Waals surface area contributed by atoms with E-state index in [1.165, 1.54) is 32.5 Å². The summed E-state index contributed by atoms with van der Waals surface area (Å²) in [5.74, 6) is 0. The van der Waals surface area contributed by atoms with Gasteiger partial charge in [-0.05, 0) is 52.7 Å². The van der Waals surface area contributed by atoms with E-state index < -0.39 is 5.54 Å². The van der Waals surface area contributed by atoms with E-state index in [-0.39, 0.29) is 0 Å². The maximum absolute atomic E-state index is 5.97. The van der Waals surface area contributed by atoms with E-state index >= 15 is 0 Å². The number of hydrogen-bond donors (Lipinski definition) is 1. The SMILES string of the molecule is CC(C)(N)c1cn(CCCN2CCCC2)nn1. The quantitative estimate of drug-likeness (QED) is 0.828. The van der Waals surface area contributed by atoms with Gasteiger partial charge in [0.15, 0.2) is 0 Å². The zero-order valence-corrected chi connectivity index (χ0v) is 10.9. The molecule has 0 aromatic carbocycles. The fourth-order valence-electron chi connectivity index (χ4n) is 2.17. The van der Waals surface area contributed by atoms with Crippen molar-refractivity contribution in [2.45, 2.75) is 45.2 Å². The third-order valence-corrected chi connectivity index (χ3v) is 3.26. The minimum Gasteiger partial charge on any atom is -0.320 e. The summed E-state index contributed by atoms with van der Waals surface area (Å²) in [5.41, 5.74) is 6.44. The first-order chi connectivity index (χ1) is 8.05. The smallest absolute Gasteiger partial charge is 0.102 e. The van der Waals surface area contributed by atoms with Crippen LogP contribution in [0.1, 0.15) is 38.8 Å². The highest BCUT2D eigenvalue weighted by molar-refractivity contribution is 5.05. The molecule has 17 heavy (non-hydrogen) atoms. The zero-order valence-electron chi connectivity index (χ0n) is 10.9. The van der Waals surface area contributed by atoms with Gasteiger partial charge in [-0.2, -0.15) is 0 Å². The second-order valence-corrected chi connectivity index (χ2v) is 5.49. The molecule has 1 saturated heterocycles. The highest BCUT2D eigenvalue weighted by Gasteiger charge is 2.18. The maximum Gasteiger partial charge on any atom is 0.102 e. The zero-order chi connectivity index (χ0) is 12.3. The first-order valence-corrected chi connectivity index (χ1v) is 6.47. The maximum atomic E-state index is 5.97. The van der Waals surface area contributed by atoms with Gasteiger partial charge in [-0.3, -0.25) is 4.68 Å². The van der Waals surface area contributed by atoms with Crippen molar-refractivity contribution in [3.8, 4) is 0 Å². The van der Waals surface area contributed by atoms with Crippen LogP contribution in [0.15, 0.2) is 6.20 Å². The number of rotatable bonds is 5. The number of aromatic nitrogens is 3. The topological polar surface area (TPSA) is 60.0 Å². The van der Waals surface area contributed by atoms with E-state index in [4.69, 9.17) is 5.73 Å². The molecule has 2 N–H and O–H groups in total. The molecule has 1 fully saturated rings. The Bertz CT molecular complexity index is 346. The molecule has 96 valence electrons. The Kier molecular flexibility index (Phi) is 3.79. The largest absolute Gasteiger partial charge is 0.320 e. The molecule has 0 radical (unpaired) electrons. The van der Waals surface area contributed by atoms with E-state index in [1.807, 2.05) is 24.7 Å². The summed E-state index contributed by atoms with van der Waals surface area (Å²) in [6.07, 6.45) is 5.81. The van der Waals surface area contributed by atoms with Crippen molar-refractivity contribution in [3.05, 3.63) is 11.9 Å².